The number of nitrogens with one attached hydrogen (secondary N) is 1. The maximum Gasteiger partial charge on any atom is 0.255 e. The molecular formula is C23H23ClN2O3S. The van der Waals surface area contributed by atoms with Gasteiger partial charge in [0.05, 0.1) is 18.5 Å². The summed E-state index contributed by atoms with van der Waals surface area (Å²) in [7, 11) is -3.48. The molecule has 0 bridgehead atoms. The second-order valence-electron chi connectivity index (χ2n) is 7.22. The Morgan fingerprint density at radius 1 is 0.967 bits per heavy atom. The molecule has 156 valence electrons. The maximum absolute atomic E-state index is 12.5. The van der Waals surface area contributed by atoms with Crippen molar-refractivity contribution in [3.05, 3.63) is 94.0 Å². The maximum atomic E-state index is 12.5. The van der Waals surface area contributed by atoms with Crippen molar-refractivity contribution in [1.82, 2.24) is 0 Å². The van der Waals surface area contributed by atoms with E-state index in [0.29, 0.717) is 22.0 Å². The molecule has 0 aliphatic rings. The minimum Gasteiger partial charge on any atom is -0.322 e. The zero-order valence-corrected chi connectivity index (χ0v) is 18.6. The molecule has 0 spiro atoms. The molecule has 0 fully saturated rings. The fraction of sp³-hybridized carbons (Fsp3) is 0.174. The lowest BCUT2D eigenvalue weighted by atomic mass is 10.1. The average Bonchev–Trinajstić information content (AvgIpc) is 2.69. The zero-order chi connectivity index (χ0) is 21.9. The van der Waals surface area contributed by atoms with Gasteiger partial charge in [-0.1, -0.05) is 35.9 Å². The van der Waals surface area contributed by atoms with Crippen molar-refractivity contribution in [2.24, 2.45) is 0 Å². The molecule has 0 atom stereocenters. The fourth-order valence-corrected chi connectivity index (χ4v) is 4.10. The van der Waals surface area contributed by atoms with Crippen molar-refractivity contribution in [2.75, 3.05) is 15.9 Å². The number of sulfonamides is 1. The van der Waals surface area contributed by atoms with Crippen molar-refractivity contribution in [3.8, 4) is 0 Å². The molecule has 3 aromatic rings. The van der Waals surface area contributed by atoms with Crippen molar-refractivity contribution >= 4 is 38.9 Å². The smallest absolute Gasteiger partial charge is 0.255 e. The van der Waals surface area contributed by atoms with E-state index in [9.17, 15) is 13.2 Å². The number of aryl methyl sites for hydroxylation is 2. The van der Waals surface area contributed by atoms with Gasteiger partial charge in [0.1, 0.15) is 0 Å². The Bertz CT molecular complexity index is 1160. The van der Waals surface area contributed by atoms with E-state index in [-0.39, 0.29) is 12.5 Å². The van der Waals surface area contributed by atoms with Crippen LogP contribution >= 0.6 is 11.6 Å². The fourth-order valence-electron chi connectivity index (χ4n) is 3.03. The number of carbonyl (C=O) groups is 1. The standard InChI is InChI=1S/C23H23ClN2O3S/c1-16-4-5-17(2)22(14-16)26(30(3,28)29)15-18-6-8-19(9-7-18)23(27)25-21-12-10-20(24)11-13-21/h4-14H,15H2,1-3H3,(H,25,27). The highest BCUT2D eigenvalue weighted by molar-refractivity contribution is 7.92. The number of benzene rings is 3. The van der Waals surface area contributed by atoms with Crippen LogP contribution in [0.2, 0.25) is 5.02 Å². The first kappa shape index (κ1) is 21.9. The van der Waals surface area contributed by atoms with E-state index in [1.807, 2.05) is 32.0 Å². The zero-order valence-electron chi connectivity index (χ0n) is 17.0. The van der Waals surface area contributed by atoms with Crippen LogP contribution in [0.15, 0.2) is 66.7 Å². The summed E-state index contributed by atoms with van der Waals surface area (Å²) >= 11 is 5.86. The first-order valence-corrected chi connectivity index (χ1v) is 11.6. The Balaban J connectivity index is 1.79. The van der Waals surface area contributed by atoms with Crippen LogP contribution in [0.5, 0.6) is 0 Å². The molecule has 7 heteroatoms. The molecule has 0 aliphatic carbocycles. The SMILES string of the molecule is Cc1ccc(C)c(N(Cc2ccc(C(=O)Nc3ccc(Cl)cc3)cc2)S(C)(=O)=O)c1. The summed E-state index contributed by atoms with van der Waals surface area (Å²) in [6.07, 6.45) is 1.20. The van der Waals surface area contributed by atoms with Gasteiger partial charge in [-0.3, -0.25) is 9.10 Å². The van der Waals surface area contributed by atoms with E-state index in [0.717, 1.165) is 16.7 Å². The lowest BCUT2D eigenvalue weighted by Gasteiger charge is -2.25. The Kier molecular flexibility index (Phi) is 6.48. The van der Waals surface area contributed by atoms with Crippen LogP contribution in [0.1, 0.15) is 27.0 Å². The van der Waals surface area contributed by atoms with Gasteiger partial charge in [0, 0.05) is 16.3 Å². The van der Waals surface area contributed by atoms with E-state index in [4.69, 9.17) is 11.6 Å². The first-order valence-electron chi connectivity index (χ1n) is 9.34. The number of amides is 1. The van der Waals surface area contributed by atoms with Gasteiger partial charge in [-0.05, 0) is 73.0 Å². The Morgan fingerprint density at radius 3 is 2.20 bits per heavy atom. The van der Waals surface area contributed by atoms with Gasteiger partial charge in [0.25, 0.3) is 5.91 Å². The molecule has 0 saturated heterocycles. The van der Waals surface area contributed by atoms with Crippen molar-refractivity contribution in [3.63, 3.8) is 0 Å². The monoisotopic (exact) mass is 442 g/mol. The Hall–Kier alpha value is -2.83. The van der Waals surface area contributed by atoms with Gasteiger partial charge in [-0.15, -0.1) is 0 Å². The molecule has 0 aromatic heterocycles. The summed E-state index contributed by atoms with van der Waals surface area (Å²) in [6, 6.07) is 19.5. The molecular weight excluding hydrogens is 420 g/mol. The predicted molar refractivity (Wildman–Crippen MR) is 123 cm³/mol. The number of hydrogen-bond acceptors (Lipinski definition) is 3. The van der Waals surface area contributed by atoms with Gasteiger partial charge in [-0.2, -0.15) is 0 Å². The van der Waals surface area contributed by atoms with Gasteiger partial charge in [-0.25, -0.2) is 8.42 Å². The van der Waals surface area contributed by atoms with Crippen LogP contribution in [0.3, 0.4) is 0 Å². The van der Waals surface area contributed by atoms with Crippen LogP contribution in [0.25, 0.3) is 0 Å². The van der Waals surface area contributed by atoms with Crippen LogP contribution in [-0.2, 0) is 16.6 Å². The van der Waals surface area contributed by atoms with Crippen molar-refractivity contribution < 1.29 is 13.2 Å². The molecule has 1 N–H and O–H groups in total. The van der Waals surface area contributed by atoms with Gasteiger partial charge in [0.15, 0.2) is 0 Å². The Morgan fingerprint density at radius 2 is 1.60 bits per heavy atom. The van der Waals surface area contributed by atoms with E-state index in [1.165, 1.54) is 10.6 Å². The summed E-state index contributed by atoms with van der Waals surface area (Å²) in [5, 5.41) is 3.40. The summed E-state index contributed by atoms with van der Waals surface area (Å²) in [4.78, 5) is 12.4. The van der Waals surface area contributed by atoms with Crippen LogP contribution in [0.4, 0.5) is 11.4 Å². The average molecular weight is 443 g/mol. The second kappa shape index (κ2) is 8.90. The lowest BCUT2D eigenvalue weighted by molar-refractivity contribution is 0.102. The van der Waals surface area contributed by atoms with Crippen LogP contribution in [0, 0.1) is 13.8 Å². The van der Waals surface area contributed by atoms with Crippen LogP contribution < -0.4 is 9.62 Å². The van der Waals surface area contributed by atoms with Crippen molar-refractivity contribution in [1.29, 1.82) is 0 Å². The molecule has 30 heavy (non-hydrogen) atoms. The summed E-state index contributed by atoms with van der Waals surface area (Å²) in [6.45, 7) is 4.00. The third-order valence-electron chi connectivity index (χ3n) is 4.68. The largest absolute Gasteiger partial charge is 0.322 e. The highest BCUT2D eigenvalue weighted by Crippen LogP contribution is 2.26. The van der Waals surface area contributed by atoms with E-state index < -0.39 is 10.0 Å². The normalized spacial score (nSPS) is 11.2. The molecule has 0 aliphatic heterocycles. The van der Waals surface area contributed by atoms with E-state index in [1.54, 1.807) is 48.5 Å². The topological polar surface area (TPSA) is 66.5 Å². The number of rotatable bonds is 6. The lowest BCUT2D eigenvalue weighted by Crippen LogP contribution is -2.30. The molecule has 3 aromatic carbocycles. The molecule has 0 unspecified atom stereocenters. The quantitative estimate of drug-likeness (QED) is 0.572. The predicted octanol–water partition coefficient (Wildman–Crippen LogP) is 5.18. The molecule has 5 nitrogen and oxygen atoms in total. The number of hydrogen-bond donors (Lipinski definition) is 1. The molecule has 0 saturated carbocycles. The molecule has 3 rings (SSSR count). The van der Waals surface area contributed by atoms with E-state index in [2.05, 4.69) is 5.32 Å². The summed E-state index contributed by atoms with van der Waals surface area (Å²) < 4.78 is 26.3. The van der Waals surface area contributed by atoms with Crippen molar-refractivity contribution in [2.45, 2.75) is 20.4 Å². The van der Waals surface area contributed by atoms with E-state index >= 15 is 0 Å². The molecule has 1 amide bonds. The highest BCUT2D eigenvalue weighted by Gasteiger charge is 2.20. The Labute approximate surface area is 182 Å². The number of nitrogens with zero attached hydrogens (tertiary/aromatic N) is 1. The van der Waals surface area contributed by atoms with Crippen LogP contribution in [-0.4, -0.2) is 20.6 Å². The van der Waals surface area contributed by atoms with Gasteiger partial charge < -0.3 is 5.32 Å². The minimum absolute atomic E-state index is 0.183. The summed E-state index contributed by atoms with van der Waals surface area (Å²) in [5.74, 6) is -0.252. The highest BCUT2D eigenvalue weighted by atomic mass is 35.5. The number of anilines is 2. The number of halogens is 1. The molecule has 0 radical (unpaired) electrons. The summed E-state index contributed by atoms with van der Waals surface area (Å²) in [5.41, 5.74) is 4.42. The first-order chi connectivity index (χ1) is 14.1. The second-order valence-corrected chi connectivity index (χ2v) is 9.56. The van der Waals surface area contributed by atoms with Gasteiger partial charge in [0.2, 0.25) is 10.0 Å². The number of carbonyl (C=O) groups excluding carboxylic acids is 1. The third kappa shape index (κ3) is 5.40. The van der Waals surface area contributed by atoms with Gasteiger partial charge >= 0.3 is 0 Å². The minimum atomic E-state index is -3.48. The third-order valence-corrected chi connectivity index (χ3v) is 6.06. The molecule has 0 heterocycles.